The van der Waals surface area contributed by atoms with Crippen LogP contribution in [0, 0.1) is 13.8 Å². The highest BCUT2D eigenvalue weighted by Crippen LogP contribution is 2.40. The Labute approximate surface area is 195 Å². The molecule has 34 heavy (non-hydrogen) atoms. The molecule has 3 rings (SSSR count). The number of ether oxygens (including phenoxy) is 4. The van der Waals surface area contributed by atoms with Crippen molar-refractivity contribution in [3.8, 4) is 28.7 Å². The molecule has 0 unspecified atom stereocenters. The van der Waals surface area contributed by atoms with Gasteiger partial charge in [-0.15, -0.1) is 0 Å². The van der Waals surface area contributed by atoms with E-state index in [1.165, 1.54) is 39.5 Å². The number of methoxy groups -OCH3 is 3. The smallest absolute Gasteiger partial charge is 0.416 e. The summed E-state index contributed by atoms with van der Waals surface area (Å²) in [7, 11) is 4.20. The molecular formula is C25H24F3NO5. The van der Waals surface area contributed by atoms with Crippen molar-refractivity contribution >= 4 is 11.6 Å². The van der Waals surface area contributed by atoms with Crippen molar-refractivity contribution in [2.75, 3.05) is 26.6 Å². The number of aryl methyl sites for hydroxylation is 2. The molecule has 0 fully saturated rings. The SMILES string of the molecule is COc1cc(C(=O)Nc2cc(C(F)(F)F)ccc2Oc2ccc(C)c(C)c2)cc(OC)c1OC. The number of halogens is 3. The molecule has 1 amide bonds. The predicted molar refractivity (Wildman–Crippen MR) is 121 cm³/mol. The van der Waals surface area contributed by atoms with E-state index >= 15 is 0 Å². The number of alkyl halides is 3. The highest BCUT2D eigenvalue weighted by atomic mass is 19.4. The largest absolute Gasteiger partial charge is 0.493 e. The van der Waals surface area contributed by atoms with E-state index in [9.17, 15) is 18.0 Å². The summed E-state index contributed by atoms with van der Waals surface area (Å²) in [6.07, 6.45) is -4.61. The zero-order chi connectivity index (χ0) is 25.0. The highest BCUT2D eigenvalue weighted by Gasteiger charge is 2.31. The minimum Gasteiger partial charge on any atom is -0.493 e. The average Bonchev–Trinajstić information content (AvgIpc) is 2.80. The van der Waals surface area contributed by atoms with Gasteiger partial charge in [0, 0.05) is 5.56 Å². The van der Waals surface area contributed by atoms with E-state index in [4.69, 9.17) is 18.9 Å². The van der Waals surface area contributed by atoms with Gasteiger partial charge in [-0.25, -0.2) is 0 Å². The lowest BCUT2D eigenvalue weighted by molar-refractivity contribution is -0.137. The molecule has 9 heteroatoms. The van der Waals surface area contributed by atoms with Crippen molar-refractivity contribution in [3.05, 3.63) is 70.8 Å². The Morgan fingerprint density at radius 3 is 1.97 bits per heavy atom. The Kier molecular flexibility index (Phi) is 7.24. The van der Waals surface area contributed by atoms with Crippen molar-refractivity contribution in [2.45, 2.75) is 20.0 Å². The molecule has 180 valence electrons. The molecule has 6 nitrogen and oxygen atoms in total. The minimum absolute atomic E-state index is 0.0528. The van der Waals surface area contributed by atoms with E-state index in [-0.39, 0.29) is 34.2 Å². The number of nitrogens with one attached hydrogen (secondary N) is 1. The zero-order valence-electron chi connectivity index (χ0n) is 19.3. The Bertz CT molecular complexity index is 1180. The van der Waals surface area contributed by atoms with Gasteiger partial charge in [-0.05, 0) is 67.4 Å². The number of amides is 1. The van der Waals surface area contributed by atoms with Crippen LogP contribution in [0.3, 0.4) is 0 Å². The van der Waals surface area contributed by atoms with E-state index in [0.29, 0.717) is 5.75 Å². The summed E-state index contributed by atoms with van der Waals surface area (Å²) in [5.41, 5.74) is 0.999. The van der Waals surface area contributed by atoms with Gasteiger partial charge >= 0.3 is 6.18 Å². The number of carbonyl (C=O) groups is 1. The molecule has 0 atom stereocenters. The summed E-state index contributed by atoms with van der Waals surface area (Å²) in [5, 5.41) is 2.51. The molecule has 0 saturated heterocycles. The maximum Gasteiger partial charge on any atom is 0.416 e. The maximum atomic E-state index is 13.4. The van der Waals surface area contributed by atoms with Crippen LogP contribution >= 0.6 is 0 Å². The standard InChI is InChI=1S/C25H24F3NO5/c1-14-6-8-18(10-15(14)2)34-20-9-7-17(25(26,27)28)13-19(20)29-24(30)16-11-21(31-3)23(33-5)22(12-16)32-4/h6-13H,1-5H3,(H,29,30). The van der Waals surface area contributed by atoms with Crippen molar-refractivity contribution in [1.29, 1.82) is 0 Å². The minimum atomic E-state index is -4.61. The maximum absolute atomic E-state index is 13.4. The molecule has 0 radical (unpaired) electrons. The topological polar surface area (TPSA) is 66.0 Å². The van der Waals surface area contributed by atoms with Gasteiger partial charge in [-0.1, -0.05) is 6.07 Å². The van der Waals surface area contributed by atoms with Crippen molar-refractivity contribution in [2.24, 2.45) is 0 Å². The Morgan fingerprint density at radius 1 is 0.794 bits per heavy atom. The first kappa shape index (κ1) is 24.8. The Hall–Kier alpha value is -3.88. The second kappa shape index (κ2) is 9.94. The fourth-order valence-corrected chi connectivity index (χ4v) is 3.20. The Morgan fingerprint density at radius 2 is 1.44 bits per heavy atom. The van der Waals surface area contributed by atoms with Crippen LogP contribution in [0.4, 0.5) is 18.9 Å². The lowest BCUT2D eigenvalue weighted by Crippen LogP contribution is -2.14. The lowest BCUT2D eigenvalue weighted by Gasteiger charge is -2.17. The van der Waals surface area contributed by atoms with Crippen molar-refractivity contribution in [3.63, 3.8) is 0 Å². The lowest BCUT2D eigenvalue weighted by atomic mass is 10.1. The van der Waals surface area contributed by atoms with Crippen LogP contribution < -0.4 is 24.3 Å². The monoisotopic (exact) mass is 475 g/mol. The van der Waals surface area contributed by atoms with Crippen LogP contribution in [0.25, 0.3) is 0 Å². The van der Waals surface area contributed by atoms with Crippen LogP contribution in [0.1, 0.15) is 27.0 Å². The van der Waals surface area contributed by atoms with Gasteiger partial charge in [-0.2, -0.15) is 13.2 Å². The third-order valence-corrected chi connectivity index (χ3v) is 5.19. The zero-order valence-corrected chi connectivity index (χ0v) is 19.3. The number of rotatable bonds is 7. The van der Waals surface area contributed by atoms with Gasteiger partial charge in [0.25, 0.3) is 5.91 Å². The van der Waals surface area contributed by atoms with E-state index in [2.05, 4.69) is 5.32 Å². The van der Waals surface area contributed by atoms with Gasteiger partial charge in [0.2, 0.25) is 5.75 Å². The van der Waals surface area contributed by atoms with Crippen LogP contribution in [-0.4, -0.2) is 27.2 Å². The van der Waals surface area contributed by atoms with E-state index < -0.39 is 17.6 Å². The summed E-state index contributed by atoms with van der Waals surface area (Å²) in [4.78, 5) is 13.0. The molecule has 0 aliphatic heterocycles. The van der Waals surface area contributed by atoms with Crippen LogP contribution in [0.5, 0.6) is 28.7 Å². The van der Waals surface area contributed by atoms with Gasteiger partial charge in [0.1, 0.15) is 5.75 Å². The van der Waals surface area contributed by atoms with E-state index in [1.54, 1.807) is 12.1 Å². The number of anilines is 1. The van der Waals surface area contributed by atoms with Gasteiger partial charge in [0.15, 0.2) is 17.2 Å². The normalized spacial score (nSPS) is 11.1. The summed E-state index contributed by atoms with van der Waals surface area (Å²) in [6.45, 7) is 3.82. The second-order valence-corrected chi connectivity index (χ2v) is 7.42. The quantitative estimate of drug-likeness (QED) is 0.429. The summed E-state index contributed by atoms with van der Waals surface area (Å²) in [5.74, 6) is 0.511. The highest BCUT2D eigenvalue weighted by molar-refractivity contribution is 6.06. The molecule has 3 aromatic carbocycles. The third kappa shape index (κ3) is 5.36. The molecule has 0 heterocycles. The van der Waals surface area contributed by atoms with E-state index in [1.807, 2.05) is 19.9 Å². The van der Waals surface area contributed by atoms with Gasteiger partial charge in [0.05, 0.1) is 32.6 Å². The summed E-state index contributed by atoms with van der Waals surface area (Å²) < 4.78 is 61.7. The fraction of sp³-hybridized carbons (Fsp3) is 0.240. The first-order valence-corrected chi connectivity index (χ1v) is 10.1. The predicted octanol–water partition coefficient (Wildman–Crippen LogP) is 6.39. The molecule has 0 saturated carbocycles. The molecule has 0 aliphatic carbocycles. The molecule has 0 spiro atoms. The molecule has 1 N–H and O–H groups in total. The number of hydrogen-bond acceptors (Lipinski definition) is 5. The van der Waals surface area contributed by atoms with Crippen LogP contribution in [-0.2, 0) is 6.18 Å². The Balaban J connectivity index is 2.01. The number of benzene rings is 3. The first-order chi connectivity index (χ1) is 16.1. The number of carbonyl (C=O) groups excluding carboxylic acids is 1. The molecule has 3 aromatic rings. The van der Waals surface area contributed by atoms with Crippen LogP contribution in [0.2, 0.25) is 0 Å². The van der Waals surface area contributed by atoms with Gasteiger partial charge < -0.3 is 24.3 Å². The van der Waals surface area contributed by atoms with Crippen LogP contribution in [0.15, 0.2) is 48.5 Å². The third-order valence-electron chi connectivity index (χ3n) is 5.19. The average molecular weight is 475 g/mol. The molecule has 0 aliphatic rings. The van der Waals surface area contributed by atoms with Crippen molar-refractivity contribution in [1.82, 2.24) is 0 Å². The van der Waals surface area contributed by atoms with Gasteiger partial charge in [-0.3, -0.25) is 4.79 Å². The number of hydrogen-bond donors (Lipinski definition) is 1. The fourth-order valence-electron chi connectivity index (χ4n) is 3.20. The summed E-state index contributed by atoms with van der Waals surface area (Å²) in [6, 6.07) is 11.0. The van der Waals surface area contributed by atoms with Crippen molar-refractivity contribution < 1.29 is 36.9 Å². The molecular weight excluding hydrogens is 451 g/mol. The second-order valence-electron chi connectivity index (χ2n) is 7.42. The summed E-state index contributed by atoms with van der Waals surface area (Å²) >= 11 is 0. The first-order valence-electron chi connectivity index (χ1n) is 10.1. The van der Waals surface area contributed by atoms with E-state index in [0.717, 1.165) is 23.3 Å². The molecule has 0 bridgehead atoms. The molecule has 0 aromatic heterocycles.